The molecule has 0 radical (unpaired) electrons. The lowest BCUT2D eigenvalue weighted by Crippen LogP contribution is -2.58. The van der Waals surface area contributed by atoms with Gasteiger partial charge in [0.1, 0.15) is 12.2 Å². The number of amides is 1. The molecule has 7 nitrogen and oxygen atoms in total. The number of benzene rings is 1. The van der Waals surface area contributed by atoms with Crippen molar-refractivity contribution in [2.75, 3.05) is 38.1 Å². The summed E-state index contributed by atoms with van der Waals surface area (Å²) in [4.78, 5) is 21.4. The van der Waals surface area contributed by atoms with Crippen LogP contribution in [0.3, 0.4) is 0 Å². The number of nitrogens with one attached hydrogen (secondary N) is 1. The molecule has 2 aliphatic heterocycles. The highest BCUT2D eigenvalue weighted by atomic mass is 35.5. The number of halogens is 2. The van der Waals surface area contributed by atoms with Crippen molar-refractivity contribution < 1.29 is 13.9 Å². The molecule has 2 unspecified atom stereocenters. The van der Waals surface area contributed by atoms with Gasteiger partial charge in [-0.3, -0.25) is 9.78 Å². The molecule has 2 aliphatic rings. The molecular weight excluding hydrogens is 421 g/mol. The Hall–Kier alpha value is -2.47. The van der Waals surface area contributed by atoms with Crippen LogP contribution in [0.4, 0.5) is 10.1 Å². The summed E-state index contributed by atoms with van der Waals surface area (Å²) in [6.45, 7) is 4.06. The topological polar surface area (TPSA) is 81.5 Å². The molecule has 3 heterocycles. The number of alkyl halides is 1. The minimum Gasteiger partial charge on any atom is -0.365 e. The van der Waals surface area contributed by atoms with Crippen LogP contribution in [0.2, 0.25) is 0 Å². The number of pyridine rings is 1. The van der Waals surface area contributed by atoms with Crippen LogP contribution in [-0.4, -0.2) is 73.4 Å². The van der Waals surface area contributed by atoms with Crippen LogP contribution in [-0.2, 0) is 9.53 Å². The number of nitriles is 1. The average Bonchev–Trinajstić information content (AvgIpc) is 2.75. The summed E-state index contributed by atoms with van der Waals surface area (Å²) >= 11 is 0. The predicted octanol–water partition coefficient (Wildman–Crippen LogP) is 2.28. The van der Waals surface area contributed by atoms with Crippen molar-refractivity contribution in [3.8, 4) is 6.07 Å². The van der Waals surface area contributed by atoms with E-state index in [0.717, 1.165) is 11.1 Å². The third-order valence-electron chi connectivity index (χ3n) is 5.82. The number of ether oxygens (including phenoxy) is 1. The molecule has 1 amide bonds. The van der Waals surface area contributed by atoms with Crippen LogP contribution >= 0.6 is 12.4 Å². The fraction of sp³-hybridized carbons (Fsp3) is 0.500. The maximum Gasteiger partial charge on any atom is 0.251 e. The SMILES string of the molecule is C[C@@H]1CN(c2ccc(C#N)c3ncccc23)C[C@H](C(=O)NC2CN(C)CCC2F)O1.Cl. The Morgan fingerprint density at radius 1 is 1.32 bits per heavy atom. The zero-order valence-electron chi connectivity index (χ0n) is 17.6. The zero-order chi connectivity index (χ0) is 21.3. The maximum absolute atomic E-state index is 14.3. The number of nitrogens with zero attached hydrogens (tertiary/aromatic N) is 4. The molecule has 31 heavy (non-hydrogen) atoms. The van der Waals surface area contributed by atoms with E-state index in [4.69, 9.17) is 4.74 Å². The van der Waals surface area contributed by atoms with Gasteiger partial charge in [0, 0.05) is 36.9 Å². The van der Waals surface area contributed by atoms with Gasteiger partial charge in [0.25, 0.3) is 5.91 Å². The van der Waals surface area contributed by atoms with Crippen molar-refractivity contribution >= 4 is 34.9 Å². The second kappa shape index (κ2) is 9.77. The molecule has 2 aromatic rings. The number of anilines is 1. The number of likely N-dealkylation sites (N-methyl/N-ethyl adjacent to an activating group) is 1. The molecular formula is C22H27ClFN5O2. The number of fused-ring (bicyclic) bond motifs is 1. The van der Waals surface area contributed by atoms with E-state index >= 15 is 0 Å². The molecule has 1 aromatic heterocycles. The number of aromatic nitrogens is 1. The summed E-state index contributed by atoms with van der Waals surface area (Å²) in [5, 5.41) is 13.1. The van der Waals surface area contributed by atoms with E-state index in [1.54, 1.807) is 12.3 Å². The Balaban J connectivity index is 0.00000272. The number of carbonyl (C=O) groups is 1. The highest BCUT2D eigenvalue weighted by molar-refractivity contribution is 5.95. The highest BCUT2D eigenvalue weighted by Crippen LogP contribution is 2.30. The van der Waals surface area contributed by atoms with Crippen molar-refractivity contribution in [2.45, 2.75) is 37.8 Å². The quantitative estimate of drug-likeness (QED) is 0.777. The number of hydrogen-bond donors (Lipinski definition) is 1. The van der Waals surface area contributed by atoms with Crippen molar-refractivity contribution in [1.29, 1.82) is 5.26 Å². The van der Waals surface area contributed by atoms with E-state index in [2.05, 4.69) is 21.3 Å². The van der Waals surface area contributed by atoms with Crippen molar-refractivity contribution in [3.05, 3.63) is 36.0 Å². The van der Waals surface area contributed by atoms with Gasteiger partial charge < -0.3 is 19.9 Å². The van der Waals surface area contributed by atoms with E-state index in [1.807, 2.05) is 37.1 Å². The van der Waals surface area contributed by atoms with Crippen LogP contribution < -0.4 is 10.2 Å². The van der Waals surface area contributed by atoms with Gasteiger partial charge >= 0.3 is 0 Å². The van der Waals surface area contributed by atoms with Gasteiger partial charge in [-0.1, -0.05) is 0 Å². The molecule has 1 aromatic carbocycles. The Labute approximate surface area is 187 Å². The third kappa shape index (κ3) is 4.90. The van der Waals surface area contributed by atoms with E-state index in [1.165, 1.54) is 0 Å². The van der Waals surface area contributed by atoms with Crippen molar-refractivity contribution in [1.82, 2.24) is 15.2 Å². The maximum atomic E-state index is 14.3. The first-order chi connectivity index (χ1) is 14.5. The van der Waals surface area contributed by atoms with Crippen molar-refractivity contribution in [2.24, 2.45) is 0 Å². The van der Waals surface area contributed by atoms with Crippen LogP contribution in [0, 0.1) is 11.3 Å². The third-order valence-corrected chi connectivity index (χ3v) is 5.82. The van der Waals surface area contributed by atoms with E-state index in [-0.39, 0.29) is 24.4 Å². The molecule has 0 bridgehead atoms. The summed E-state index contributed by atoms with van der Waals surface area (Å²) in [6, 6.07) is 9.07. The van der Waals surface area contributed by atoms with Gasteiger partial charge in [-0.2, -0.15) is 5.26 Å². The Kier molecular flexibility index (Phi) is 7.31. The number of hydrogen-bond acceptors (Lipinski definition) is 6. The van der Waals surface area contributed by atoms with Crippen LogP contribution in [0.25, 0.3) is 10.9 Å². The number of morpholine rings is 1. The first kappa shape index (κ1) is 23.2. The molecule has 0 aliphatic carbocycles. The first-order valence-electron chi connectivity index (χ1n) is 10.3. The van der Waals surface area contributed by atoms with Crippen LogP contribution in [0.15, 0.2) is 30.5 Å². The number of piperidine rings is 1. The molecule has 1 N–H and O–H groups in total. The lowest BCUT2D eigenvalue weighted by atomic mass is 10.0. The number of rotatable bonds is 3. The predicted molar refractivity (Wildman–Crippen MR) is 119 cm³/mol. The molecule has 0 saturated carbocycles. The molecule has 4 rings (SSSR count). The molecule has 166 valence electrons. The smallest absolute Gasteiger partial charge is 0.251 e. The largest absolute Gasteiger partial charge is 0.365 e. The fourth-order valence-electron chi connectivity index (χ4n) is 4.31. The monoisotopic (exact) mass is 447 g/mol. The van der Waals surface area contributed by atoms with Crippen molar-refractivity contribution in [3.63, 3.8) is 0 Å². The number of likely N-dealkylation sites (tertiary alicyclic amines) is 1. The van der Waals surface area contributed by atoms with Gasteiger partial charge in [-0.15, -0.1) is 12.4 Å². The molecule has 0 spiro atoms. The second-order valence-corrected chi connectivity index (χ2v) is 8.17. The van der Waals surface area contributed by atoms with E-state index in [0.29, 0.717) is 43.7 Å². The van der Waals surface area contributed by atoms with Gasteiger partial charge in [0.05, 0.1) is 29.8 Å². The Morgan fingerprint density at radius 2 is 2.13 bits per heavy atom. The Morgan fingerprint density at radius 3 is 2.90 bits per heavy atom. The number of carbonyl (C=O) groups excluding carboxylic acids is 1. The summed E-state index contributed by atoms with van der Waals surface area (Å²) < 4.78 is 20.2. The molecule has 9 heteroatoms. The van der Waals surface area contributed by atoms with Crippen LogP contribution in [0.5, 0.6) is 0 Å². The summed E-state index contributed by atoms with van der Waals surface area (Å²) in [5.74, 6) is -0.287. The highest BCUT2D eigenvalue weighted by Gasteiger charge is 2.35. The normalized spacial score (nSPS) is 26.7. The lowest BCUT2D eigenvalue weighted by molar-refractivity contribution is -0.139. The average molecular weight is 448 g/mol. The lowest BCUT2D eigenvalue weighted by Gasteiger charge is -2.39. The van der Waals surface area contributed by atoms with E-state index in [9.17, 15) is 14.4 Å². The zero-order valence-corrected chi connectivity index (χ0v) is 18.4. The summed E-state index contributed by atoms with van der Waals surface area (Å²) in [5.41, 5.74) is 2.06. The molecule has 2 fully saturated rings. The van der Waals surface area contributed by atoms with E-state index < -0.39 is 18.3 Å². The fourth-order valence-corrected chi connectivity index (χ4v) is 4.31. The Bertz CT molecular complexity index is 984. The molecule has 2 saturated heterocycles. The minimum absolute atomic E-state index is 0. The van der Waals surface area contributed by atoms with Gasteiger partial charge in [0.2, 0.25) is 0 Å². The molecule has 4 atom stereocenters. The minimum atomic E-state index is -1.05. The standard InChI is InChI=1S/C22H26FN5O2.ClH/c1-14-11-28(19-6-5-15(10-24)21-16(19)4-3-8-25-21)13-20(30-14)22(29)26-18-12-27(2)9-7-17(18)23;/h3-6,8,14,17-18,20H,7,9,11-13H2,1-2H3,(H,26,29);1H/t14-,17?,18?,20-;/m1./s1. The van der Waals surface area contributed by atoms with Gasteiger partial charge in [0.15, 0.2) is 6.10 Å². The van der Waals surface area contributed by atoms with Gasteiger partial charge in [-0.05, 0) is 44.7 Å². The van der Waals surface area contributed by atoms with Gasteiger partial charge in [-0.25, -0.2) is 4.39 Å². The summed E-state index contributed by atoms with van der Waals surface area (Å²) in [6.07, 6.45) is 0.165. The first-order valence-corrected chi connectivity index (χ1v) is 10.3. The van der Waals surface area contributed by atoms with Crippen LogP contribution in [0.1, 0.15) is 18.9 Å². The summed E-state index contributed by atoms with van der Waals surface area (Å²) in [7, 11) is 1.93. The second-order valence-electron chi connectivity index (χ2n) is 8.17.